The van der Waals surface area contributed by atoms with Crippen molar-refractivity contribution in [1.82, 2.24) is 4.98 Å². The van der Waals surface area contributed by atoms with Crippen LogP contribution in [0.15, 0.2) is 48.6 Å². The molecule has 0 amide bonds. The van der Waals surface area contributed by atoms with Crippen LogP contribution in [0.4, 0.5) is 0 Å². The molecule has 3 rings (SSSR count). The van der Waals surface area contributed by atoms with Crippen molar-refractivity contribution in [2.24, 2.45) is 0 Å². The van der Waals surface area contributed by atoms with E-state index in [2.05, 4.69) is 55.9 Å². The molecule has 0 bridgehead atoms. The molecule has 2 aromatic rings. The Morgan fingerprint density at radius 3 is 2.30 bits per heavy atom. The number of aryl methyl sites for hydroxylation is 2. The van der Waals surface area contributed by atoms with Gasteiger partial charge in [0.2, 0.25) is 0 Å². The van der Waals surface area contributed by atoms with Gasteiger partial charge in [0, 0.05) is 0 Å². The van der Waals surface area contributed by atoms with Gasteiger partial charge in [-0.2, -0.15) is 35.9 Å². The molecule has 1 N–H and O–H groups in total. The molecule has 1 aromatic carbocycles. The molecule has 0 atom stereocenters. The molecular weight excluding hydrogens is 325 g/mol. The molecule has 0 fully saturated rings. The molecule has 1 aliphatic carbocycles. The smallest absolute Gasteiger partial charge is 1.00 e. The van der Waals surface area contributed by atoms with E-state index in [1.54, 1.807) is 0 Å². The van der Waals surface area contributed by atoms with E-state index in [-0.39, 0.29) is 46.5 Å². The predicted molar refractivity (Wildman–Crippen MR) is 72.7 cm³/mol. The van der Waals surface area contributed by atoms with E-state index in [0.717, 1.165) is 5.57 Å². The third kappa shape index (κ3) is 5.34. The van der Waals surface area contributed by atoms with Crippen LogP contribution in [0, 0.1) is 26.1 Å². The third-order valence-electron chi connectivity index (χ3n) is 2.69. The molecule has 4 heteroatoms. The summed E-state index contributed by atoms with van der Waals surface area (Å²) >= 11 is 0. The summed E-state index contributed by atoms with van der Waals surface area (Å²) in [7, 11) is 0. The number of hydrogen-bond acceptors (Lipinski definition) is 0. The maximum atomic E-state index is 3.62. The van der Waals surface area contributed by atoms with Crippen LogP contribution in [0.1, 0.15) is 11.1 Å². The molecule has 0 saturated heterocycles. The number of fused-ring (bicyclic) bond motifs is 1. The molecule has 1 aromatic heterocycles. The van der Waals surface area contributed by atoms with Gasteiger partial charge in [-0.25, -0.2) is 0 Å². The molecule has 0 radical (unpaired) electrons. The van der Waals surface area contributed by atoms with E-state index in [0.29, 0.717) is 0 Å². The average Bonchev–Trinajstić information content (AvgIpc) is 2.90. The number of halogens is 2. The minimum atomic E-state index is 0. The molecule has 0 aliphatic heterocycles. The third-order valence-corrected chi connectivity index (χ3v) is 2.69. The van der Waals surface area contributed by atoms with Crippen LogP contribution in [-0.2, 0) is 21.7 Å². The van der Waals surface area contributed by atoms with Crippen LogP contribution in [0.2, 0.25) is 0 Å². The summed E-state index contributed by atoms with van der Waals surface area (Å²) in [5.74, 6) is 0. The minimum absolute atomic E-state index is 0. The Hall–Kier alpha value is -0.726. The molecule has 0 spiro atoms. The fraction of sp³-hybridized carbons (Fsp3) is 0.125. The summed E-state index contributed by atoms with van der Waals surface area (Å²) < 4.78 is 0. The molecule has 1 nitrogen and oxygen atoms in total. The summed E-state index contributed by atoms with van der Waals surface area (Å²) in [6.45, 7) is 7.82. The van der Waals surface area contributed by atoms with Crippen LogP contribution < -0.4 is 24.8 Å². The second-order valence-electron chi connectivity index (χ2n) is 4.07. The van der Waals surface area contributed by atoms with Gasteiger partial charge in [0.25, 0.3) is 0 Å². The Kier molecular flexibility index (Phi) is 10.9. The van der Waals surface area contributed by atoms with Crippen LogP contribution in [0.25, 0.3) is 10.9 Å². The SMILES string of the molecule is C=C1[C-]=CC=C1.Cc1[c-][nH]c2cccc(C)c12.[Cl-].[Cl-].[Ti+4]. The fourth-order valence-corrected chi connectivity index (χ4v) is 1.86. The van der Waals surface area contributed by atoms with E-state index < -0.39 is 0 Å². The van der Waals surface area contributed by atoms with Gasteiger partial charge in [0.15, 0.2) is 0 Å². The topological polar surface area (TPSA) is 15.8 Å². The summed E-state index contributed by atoms with van der Waals surface area (Å²) in [5, 5.41) is 1.31. The second kappa shape index (κ2) is 10.1. The van der Waals surface area contributed by atoms with Crippen molar-refractivity contribution >= 4 is 10.9 Å². The van der Waals surface area contributed by atoms with Crippen molar-refractivity contribution in [3.8, 4) is 0 Å². The Morgan fingerprint density at radius 1 is 1.15 bits per heavy atom. The van der Waals surface area contributed by atoms with Crippen LogP contribution in [0.3, 0.4) is 0 Å². The number of rotatable bonds is 0. The molecule has 0 unspecified atom stereocenters. The zero-order chi connectivity index (χ0) is 12.3. The van der Waals surface area contributed by atoms with Gasteiger partial charge in [-0.1, -0.05) is 26.0 Å². The number of hydrogen-bond donors (Lipinski definition) is 1. The van der Waals surface area contributed by atoms with Crippen molar-refractivity contribution < 1.29 is 46.5 Å². The normalized spacial score (nSPS) is 11.0. The molecule has 102 valence electrons. The maximum absolute atomic E-state index is 3.62. The summed E-state index contributed by atoms with van der Waals surface area (Å²) in [4.78, 5) is 3.10. The number of aromatic amines is 1. The van der Waals surface area contributed by atoms with Crippen LogP contribution >= 0.6 is 0 Å². The molecular formula is C16H15Cl2NTi. The second-order valence-corrected chi connectivity index (χ2v) is 4.07. The number of H-pyrrole nitrogens is 1. The van der Waals surface area contributed by atoms with Gasteiger partial charge in [-0.3, -0.25) is 0 Å². The standard InChI is InChI=1S/C10H10N.C6H5.2ClH.Ti/c1-7-4-3-5-9-10(7)8(2)6-11-9;1-6-4-2-3-5-6;;;/h3-5,11H,1-2H3;2-4H,1H2;2*1H;/q2*-1;;;+4/p-2. The summed E-state index contributed by atoms with van der Waals surface area (Å²) in [6.07, 6.45) is 11.7. The van der Waals surface area contributed by atoms with Crippen molar-refractivity contribution in [1.29, 1.82) is 0 Å². The van der Waals surface area contributed by atoms with E-state index in [9.17, 15) is 0 Å². The average molecular weight is 340 g/mol. The zero-order valence-electron chi connectivity index (χ0n) is 11.4. The first-order chi connectivity index (χ1) is 8.18. The molecule has 1 aliphatic rings. The van der Waals surface area contributed by atoms with Crippen molar-refractivity contribution in [3.63, 3.8) is 0 Å². The van der Waals surface area contributed by atoms with Crippen molar-refractivity contribution in [2.75, 3.05) is 0 Å². The first-order valence-electron chi connectivity index (χ1n) is 5.59. The van der Waals surface area contributed by atoms with E-state index >= 15 is 0 Å². The van der Waals surface area contributed by atoms with Gasteiger partial charge in [0.1, 0.15) is 0 Å². The first kappa shape index (κ1) is 21.6. The zero-order valence-corrected chi connectivity index (χ0v) is 14.5. The van der Waals surface area contributed by atoms with Crippen LogP contribution in [-0.4, -0.2) is 4.98 Å². The van der Waals surface area contributed by atoms with Crippen LogP contribution in [0.5, 0.6) is 0 Å². The van der Waals surface area contributed by atoms with Gasteiger partial charge >= 0.3 is 21.7 Å². The minimum Gasteiger partial charge on any atom is -1.00 e. The van der Waals surface area contributed by atoms with E-state index in [1.807, 2.05) is 18.2 Å². The summed E-state index contributed by atoms with van der Waals surface area (Å²) in [6, 6.07) is 6.25. The van der Waals surface area contributed by atoms with Crippen molar-refractivity contribution in [3.05, 3.63) is 72.0 Å². The number of nitrogens with one attached hydrogen (secondary N) is 1. The first-order valence-corrected chi connectivity index (χ1v) is 5.59. The maximum Gasteiger partial charge on any atom is 4.00 e. The van der Waals surface area contributed by atoms with Gasteiger partial charge in [0.05, 0.1) is 0 Å². The molecule has 0 saturated carbocycles. The predicted octanol–water partition coefficient (Wildman–Crippen LogP) is -1.94. The number of benzene rings is 1. The molecule has 20 heavy (non-hydrogen) atoms. The largest absolute Gasteiger partial charge is 4.00 e. The van der Waals surface area contributed by atoms with Gasteiger partial charge < -0.3 is 29.8 Å². The van der Waals surface area contributed by atoms with E-state index in [4.69, 9.17) is 0 Å². The van der Waals surface area contributed by atoms with E-state index in [1.165, 1.54) is 22.0 Å². The Labute approximate surface area is 147 Å². The fourth-order valence-electron chi connectivity index (χ4n) is 1.86. The van der Waals surface area contributed by atoms with Gasteiger partial charge in [-0.15, -0.1) is 34.8 Å². The Morgan fingerprint density at radius 2 is 1.85 bits per heavy atom. The number of allylic oxidation sites excluding steroid dienone is 5. The van der Waals surface area contributed by atoms with Gasteiger partial charge in [-0.05, 0) is 0 Å². The van der Waals surface area contributed by atoms with Crippen molar-refractivity contribution in [2.45, 2.75) is 13.8 Å². The Bertz CT molecular complexity index is 598. The number of aromatic nitrogens is 1. The Balaban J connectivity index is 0. The monoisotopic (exact) mass is 339 g/mol. The quantitative estimate of drug-likeness (QED) is 0.425. The summed E-state index contributed by atoms with van der Waals surface area (Å²) in [5.41, 5.74) is 4.67. The molecule has 1 heterocycles.